The first-order valence-corrected chi connectivity index (χ1v) is 8.16. The summed E-state index contributed by atoms with van der Waals surface area (Å²) in [5.74, 6) is 1.72. The molecule has 0 aliphatic heterocycles. The van der Waals surface area contributed by atoms with Gasteiger partial charge in [0, 0.05) is 13.6 Å². The minimum Gasteiger partial charge on any atom is -0.493 e. The first-order chi connectivity index (χ1) is 12.1. The van der Waals surface area contributed by atoms with Gasteiger partial charge in [-0.3, -0.25) is 0 Å². The third-order valence-corrected chi connectivity index (χ3v) is 3.81. The van der Waals surface area contributed by atoms with E-state index in [1.54, 1.807) is 14.2 Å². The van der Waals surface area contributed by atoms with Crippen LogP contribution in [0.15, 0.2) is 24.5 Å². The molecule has 1 aromatic heterocycles. The van der Waals surface area contributed by atoms with Crippen LogP contribution in [-0.2, 0) is 6.54 Å². The highest BCUT2D eigenvalue weighted by atomic mass is 35.5. The molecule has 0 fully saturated rings. The van der Waals surface area contributed by atoms with E-state index in [4.69, 9.17) is 26.3 Å². The van der Waals surface area contributed by atoms with Crippen molar-refractivity contribution in [3.63, 3.8) is 0 Å². The van der Waals surface area contributed by atoms with Gasteiger partial charge in [0.25, 0.3) is 0 Å². The smallest absolute Gasteiger partial charge is 0.184 e. The van der Waals surface area contributed by atoms with Crippen molar-refractivity contribution in [2.75, 3.05) is 24.8 Å². The van der Waals surface area contributed by atoms with Gasteiger partial charge in [0.1, 0.15) is 18.1 Å². The molecule has 1 heterocycles. The van der Waals surface area contributed by atoms with Crippen LogP contribution >= 0.6 is 11.6 Å². The summed E-state index contributed by atoms with van der Waals surface area (Å²) >= 11 is 6.04. The normalized spacial score (nSPS) is 11.3. The van der Waals surface area contributed by atoms with E-state index in [1.807, 2.05) is 25.1 Å². The maximum atomic E-state index is 9.09. The quantitative estimate of drug-likeness (QED) is 0.695. The number of benzene rings is 1. The largest absolute Gasteiger partial charge is 0.493 e. The highest BCUT2D eigenvalue weighted by Gasteiger charge is 2.13. The van der Waals surface area contributed by atoms with Gasteiger partial charge in [0.15, 0.2) is 28.6 Å². The zero-order chi connectivity index (χ0) is 18.2. The number of halogens is 1. The minimum absolute atomic E-state index is 0.346. The van der Waals surface area contributed by atoms with E-state index < -0.39 is 6.10 Å². The molecule has 132 valence electrons. The predicted octanol–water partition coefficient (Wildman–Crippen LogP) is 3.47. The van der Waals surface area contributed by atoms with Crippen molar-refractivity contribution in [2.45, 2.75) is 26.0 Å². The van der Waals surface area contributed by atoms with Gasteiger partial charge in [0.05, 0.1) is 7.11 Å². The van der Waals surface area contributed by atoms with Crippen molar-refractivity contribution in [1.82, 2.24) is 9.97 Å². The van der Waals surface area contributed by atoms with Gasteiger partial charge in [0.2, 0.25) is 0 Å². The average molecular weight is 362 g/mol. The number of rotatable bonds is 8. The molecule has 25 heavy (non-hydrogen) atoms. The van der Waals surface area contributed by atoms with Gasteiger partial charge in [-0.15, -0.1) is 0 Å². The summed E-state index contributed by atoms with van der Waals surface area (Å²) in [5.41, 5.74) is 1.57. The standard InChI is InChI=1S/C17H20ClN5O2/c1-4-12(8-19)25-14-7-11(5-6-13(14)24-3)9-21-17-15(20-2)16(18)22-10-23-17/h5-7,10,12,20H,4,9H2,1-3H3,(H,21,22,23). The highest BCUT2D eigenvalue weighted by Crippen LogP contribution is 2.30. The fraction of sp³-hybridized carbons (Fsp3) is 0.353. The zero-order valence-corrected chi connectivity index (χ0v) is 15.1. The second kappa shape index (κ2) is 8.94. The molecule has 2 N–H and O–H groups in total. The summed E-state index contributed by atoms with van der Waals surface area (Å²) in [7, 11) is 3.32. The van der Waals surface area contributed by atoms with E-state index in [9.17, 15) is 0 Å². The Bertz CT molecular complexity index is 763. The van der Waals surface area contributed by atoms with Crippen LogP contribution in [0.4, 0.5) is 11.5 Å². The molecule has 7 nitrogen and oxygen atoms in total. The van der Waals surface area contributed by atoms with Crippen LogP contribution in [0.3, 0.4) is 0 Å². The highest BCUT2D eigenvalue weighted by molar-refractivity contribution is 6.32. The summed E-state index contributed by atoms with van der Waals surface area (Å²) in [6, 6.07) is 7.68. The van der Waals surface area contributed by atoms with Crippen LogP contribution in [0.25, 0.3) is 0 Å². The molecule has 0 spiro atoms. The Morgan fingerprint density at radius 3 is 2.76 bits per heavy atom. The Balaban J connectivity index is 2.18. The summed E-state index contributed by atoms with van der Waals surface area (Å²) < 4.78 is 11.0. The van der Waals surface area contributed by atoms with Gasteiger partial charge < -0.3 is 20.1 Å². The summed E-state index contributed by atoms with van der Waals surface area (Å²) in [6.07, 6.45) is 1.47. The lowest BCUT2D eigenvalue weighted by Crippen LogP contribution is -2.13. The number of methoxy groups -OCH3 is 1. The molecular formula is C17H20ClN5O2. The van der Waals surface area contributed by atoms with Crippen LogP contribution in [0.5, 0.6) is 11.5 Å². The third kappa shape index (κ3) is 4.64. The molecule has 1 aromatic carbocycles. The van der Waals surface area contributed by atoms with Crippen molar-refractivity contribution in [2.24, 2.45) is 0 Å². The lowest BCUT2D eigenvalue weighted by atomic mass is 10.2. The van der Waals surface area contributed by atoms with Crippen LogP contribution in [-0.4, -0.2) is 30.2 Å². The molecule has 0 saturated carbocycles. The fourth-order valence-electron chi connectivity index (χ4n) is 2.18. The predicted molar refractivity (Wildman–Crippen MR) is 97.2 cm³/mol. The molecular weight excluding hydrogens is 342 g/mol. The Labute approximate surface area is 152 Å². The summed E-state index contributed by atoms with van der Waals surface area (Å²) in [4.78, 5) is 8.13. The van der Waals surface area contributed by atoms with Crippen LogP contribution < -0.4 is 20.1 Å². The lowest BCUT2D eigenvalue weighted by Gasteiger charge is -2.16. The van der Waals surface area contributed by atoms with Crippen LogP contribution in [0, 0.1) is 11.3 Å². The molecule has 0 aliphatic rings. The Hall–Kier alpha value is -2.72. The van der Waals surface area contributed by atoms with Crippen LogP contribution in [0.1, 0.15) is 18.9 Å². The van der Waals surface area contributed by atoms with Gasteiger partial charge in [-0.2, -0.15) is 5.26 Å². The van der Waals surface area contributed by atoms with Gasteiger partial charge in [-0.25, -0.2) is 9.97 Å². The molecule has 8 heteroatoms. The molecule has 1 atom stereocenters. The zero-order valence-electron chi connectivity index (χ0n) is 14.3. The molecule has 1 unspecified atom stereocenters. The minimum atomic E-state index is -0.520. The van der Waals surface area contributed by atoms with Gasteiger partial charge >= 0.3 is 0 Å². The molecule has 0 radical (unpaired) electrons. The first-order valence-electron chi connectivity index (χ1n) is 7.78. The van der Waals surface area contributed by atoms with Crippen molar-refractivity contribution >= 4 is 23.1 Å². The maximum Gasteiger partial charge on any atom is 0.184 e. The third-order valence-electron chi connectivity index (χ3n) is 3.52. The van der Waals surface area contributed by atoms with Crippen LogP contribution in [0.2, 0.25) is 5.15 Å². The lowest BCUT2D eigenvalue weighted by molar-refractivity contribution is 0.238. The summed E-state index contributed by atoms with van der Waals surface area (Å²) in [6.45, 7) is 2.38. The van der Waals surface area contributed by atoms with E-state index >= 15 is 0 Å². The topological polar surface area (TPSA) is 92.1 Å². The van der Waals surface area contributed by atoms with Crippen molar-refractivity contribution in [3.8, 4) is 17.6 Å². The molecule has 0 saturated heterocycles. The molecule has 0 aliphatic carbocycles. The monoisotopic (exact) mass is 361 g/mol. The first kappa shape index (κ1) is 18.6. The van der Waals surface area contributed by atoms with E-state index in [-0.39, 0.29) is 0 Å². The van der Waals surface area contributed by atoms with E-state index in [1.165, 1.54) is 6.33 Å². The van der Waals surface area contributed by atoms with Gasteiger partial charge in [-0.05, 0) is 24.1 Å². The van der Waals surface area contributed by atoms with E-state index in [2.05, 4.69) is 26.7 Å². The van der Waals surface area contributed by atoms with Gasteiger partial charge in [-0.1, -0.05) is 24.6 Å². The van der Waals surface area contributed by atoms with Crippen molar-refractivity contribution < 1.29 is 9.47 Å². The Morgan fingerprint density at radius 2 is 2.12 bits per heavy atom. The number of anilines is 2. The van der Waals surface area contributed by atoms with E-state index in [0.29, 0.717) is 41.1 Å². The Kier molecular flexibility index (Phi) is 6.66. The number of nitriles is 1. The Morgan fingerprint density at radius 1 is 1.32 bits per heavy atom. The number of hydrogen-bond acceptors (Lipinski definition) is 7. The number of nitrogens with one attached hydrogen (secondary N) is 2. The number of nitrogens with zero attached hydrogens (tertiary/aromatic N) is 3. The van der Waals surface area contributed by atoms with Crippen molar-refractivity contribution in [1.29, 1.82) is 5.26 Å². The van der Waals surface area contributed by atoms with Crippen molar-refractivity contribution in [3.05, 3.63) is 35.2 Å². The number of aromatic nitrogens is 2. The fourth-order valence-corrected chi connectivity index (χ4v) is 2.41. The maximum absolute atomic E-state index is 9.09. The second-order valence-corrected chi connectivity index (χ2v) is 5.48. The molecule has 2 aromatic rings. The SMILES string of the molecule is CCC(C#N)Oc1cc(CNc2ncnc(Cl)c2NC)ccc1OC. The second-order valence-electron chi connectivity index (χ2n) is 5.12. The number of hydrogen-bond donors (Lipinski definition) is 2. The molecule has 0 bridgehead atoms. The number of ether oxygens (including phenoxy) is 2. The average Bonchev–Trinajstić information content (AvgIpc) is 2.64. The molecule has 0 amide bonds. The summed E-state index contributed by atoms with van der Waals surface area (Å²) in [5, 5.41) is 15.6. The van der Waals surface area contributed by atoms with E-state index in [0.717, 1.165) is 5.56 Å². The molecule has 2 rings (SSSR count).